The predicted octanol–water partition coefficient (Wildman–Crippen LogP) is 5.84. The Morgan fingerprint density at radius 1 is 0.922 bits per heavy atom. The molecule has 8 rings (SSSR count). The Labute approximate surface area is 296 Å². The van der Waals surface area contributed by atoms with E-state index in [0.717, 1.165) is 61.2 Å². The lowest BCUT2D eigenvalue weighted by molar-refractivity contribution is -0.000812. The van der Waals surface area contributed by atoms with E-state index in [1.165, 1.54) is 12.1 Å². The molecule has 3 saturated heterocycles. The molecule has 10 nitrogen and oxygen atoms in total. The molecule has 3 aliphatic heterocycles. The van der Waals surface area contributed by atoms with Crippen molar-refractivity contribution in [3.05, 3.63) is 141 Å². The van der Waals surface area contributed by atoms with Gasteiger partial charge in [0.2, 0.25) is 5.56 Å². The van der Waals surface area contributed by atoms with Crippen LogP contribution in [0.15, 0.2) is 108 Å². The molecule has 0 radical (unpaired) electrons. The first-order chi connectivity index (χ1) is 24.8. The van der Waals surface area contributed by atoms with Gasteiger partial charge in [-0.2, -0.15) is 0 Å². The minimum atomic E-state index is -0.898. The number of pyridine rings is 1. The number of H-pyrrole nitrogens is 1. The SMILES string of the molecule is O=C(O)N(C(c1ccccc1)c1cccc(OCc2ccc(CCNC[C@H](O)c3ccc(O)c4[nH]c(=O)ccc34)cc2)c1)[C@H]1CN2CCC1CC2. The summed E-state index contributed by atoms with van der Waals surface area (Å²) in [5, 5.41) is 35.5. The summed E-state index contributed by atoms with van der Waals surface area (Å²) in [6, 6.07) is 31.6. The van der Waals surface area contributed by atoms with Gasteiger partial charge in [0.25, 0.3) is 0 Å². The molecule has 4 heterocycles. The number of carbonyl (C=O) groups is 1. The Bertz CT molecular complexity index is 2010. The zero-order valence-corrected chi connectivity index (χ0v) is 28.4. The number of amides is 1. The predicted molar refractivity (Wildman–Crippen MR) is 196 cm³/mol. The second-order valence-electron chi connectivity index (χ2n) is 13.6. The van der Waals surface area contributed by atoms with Gasteiger partial charge in [0, 0.05) is 24.5 Å². The third kappa shape index (κ3) is 7.78. The first-order valence-corrected chi connectivity index (χ1v) is 17.7. The van der Waals surface area contributed by atoms with Crippen molar-refractivity contribution in [2.75, 3.05) is 32.7 Å². The van der Waals surface area contributed by atoms with Gasteiger partial charge in [-0.1, -0.05) is 72.8 Å². The number of aromatic hydroxyl groups is 1. The van der Waals surface area contributed by atoms with Crippen LogP contribution in [0.5, 0.6) is 11.5 Å². The number of aromatic amines is 1. The number of aliphatic hydroxyl groups excluding tert-OH is 1. The lowest BCUT2D eigenvalue weighted by Gasteiger charge is -2.50. The van der Waals surface area contributed by atoms with E-state index in [1.807, 2.05) is 66.7 Å². The third-order valence-electron chi connectivity index (χ3n) is 10.4. The molecule has 0 aliphatic carbocycles. The van der Waals surface area contributed by atoms with E-state index >= 15 is 0 Å². The molecule has 5 aromatic rings. The van der Waals surface area contributed by atoms with E-state index in [2.05, 4.69) is 27.3 Å². The van der Waals surface area contributed by atoms with Crippen molar-refractivity contribution in [2.24, 2.45) is 5.92 Å². The minimum Gasteiger partial charge on any atom is -0.506 e. The number of nitrogens with one attached hydrogen (secondary N) is 2. The molecule has 1 amide bonds. The van der Waals surface area contributed by atoms with Crippen LogP contribution in [0.4, 0.5) is 4.79 Å². The number of ether oxygens (including phenoxy) is 1. The quantitative estimate of drug-likeness (QED) is 0.0974. The standard InChI is InChI=1S/C41H44N4O6/c46-36-15-13-33(34-14-16-38(48)43-39(34)36)37(47)24-42-20-17-27-9-11-28(12-10-27)26-51-32-8-4-7-31(23-32)40(30-5-2-1-3-6-30)45(41(49)50)35-25-44-21-18-29(35)19-22-44/h1-16,23,29,35,37,40,42,46-47H,17-22,24-26H2,(H,43,48)(H,49,50)/t35-,37-,40?/m0/s1. The second-order valence-corrected chi connectivity index (χ2v) is 13.6. The van der Waals surface area contributed by atoms with E-state index in [-0.39, 0.29) is 17.4 Å². The van der Waals surface area contributed by atoms with Crippen molar-refractivity contribution in [1.82, 2.24) is 20.1 Å². The van der Waals surface area contributed by atoms with Crippen LogP contribution in [-0.2, 0) is 13.0 Å². The van der Waals surface area contributed by atoms with Crippen LogP contribution in [0.1, 0.15) is 52.8 Å². The van der Waals surface area contributed by atoms with Crippen molar-refractivity contribution in [3.63, 3.8) is 0 Å². The average Bonchev–Trinajstić information content (AvgIpc) is 3.16. The number of aliphatic hydroxyl groups is 1. The Balaban J connectivity index is 0.963. The molecule has 51 heavy (non-hydrogen) atoms. The highest BCUT2D eigenvalue weighted by Gasteiger charge is 2.43. The number of phenolic OH excluding ortho intramolecular Hbond substituents is 1. The second kappa shape index (κ2) is 15.4. The van der Waals surface area contributed by atoms with E-state index in [0.29, 0.717) is 47.8 Å². The van der Waals surface area contributed by atoms with Gasteiger partial charge in [0.05, 0.1) is 23.7 Å². The zero-order chi connectivity index (χ0) is 35.3. The smallest absolute Gasteiger partial charge is 0.408 e. The summed E-state index contributed by atoms with van der Waals surface area (Å²) in [6.07, 6.45) is 1.11. The van der Waals surface area contributed by atoms with Crippen LogP contribution in [0, 0.1) is 5.92 Å². The Morgan fingerprint density at radius 3 is 2.39 bits per heavy atom. The molecule has 3 aliphatic rings. The van der Waals surface area contributed by atoms with Crippen molar-refractivity contribution in [2.45, 2.75) is 44.1 Å². The molecule has 1 aromatic heterocycles. The highest BCUT2D eigenvalue weighted by atomic mass is 16.5. The Morgan fingerprint density at radius 2 is 1.67 bits per heavy atom. The van der Waals surface area contributed by atoms with Crippen molar-refractivity contribution in [3.8, 4) is 11.5 Å². The molecule has 5 N–H and O–H groups in total. The van der Waals surface area contributed by atoms with Gasteiger partial charge >= 0.3 is 6.09 Å². The van der Waals surface area contributed by atoms with E-state index in [4.69, 9.17) is 4.74 Å². The summed E-state index contributed by atoms with van der Waals surface area (Å²) in [5.74, 6) is 1.02. The highest BCUT2D eigenvalue weighted by Crippen LogP contribution is 2.39. The van der Waals surface area contributed by atoms with Gasteiger partial charge in [-0.05, 0) is 96.9 Å². The summed E-state index contributed by atoms with van der Waals surface area (Å²) in [6.45, 7) is 4.20. The molecule has 3 fully saturated rings. The third-order valence-corrected chi connectivity index (χ3v) is 10.4. The van der Waals surface area contributed by atoms with Crippen molar-refractivity contribution < 1.29 is 24.9 Å². The zero-order valence-electron chi connectivity index (χ0n) is 28.4. The first-order valence-electron chi connectivity index (χ1n) is 17.7. The number of aromatic nitrogens is 1. The number of hydrogen-bond acceptors (Lipinski definition) is 7. The van der Waals surface area contributed by atoms with E-state index in [1.54, 1.807) is 17.0 Å². The summed E-state index contributed by atoms with van der Waals surface area (Å²) >= 11 is 0. The molecule has 3 atom stereocenters. The molecular formula is C41H44N4O6. The van der Waals surface area contributed by atoms with Gasteiger partial charge in [0.15, 0.2) is 0 Å². The maximum Gasteiger partial charge on any atom is 0.408 e. The van der Waals surface area contributed by atoms with Gasteiger partial charge in [-0.25, -0.2) is 4.79 Å². The minimum absolute atomic E-state index is 0.0346. The summed E-state index contributed by atoms with van der Waals surface area (Å²) in [4.78, 5) is 31.4. The van der Waals surface area contributed by atoms with Crippen LogP contribution in [0.2, 0.25) is 0 Å². The van der Waals surface area contributed by atoms with Crippen LogP contribution in [0.3, 0.4) is 0 Å². The molecule has 10 heteroatoms. The number of benzene rings is 4. The number of carboxylic acid groups (broad SMARTS) is 1. The Kier molecular flexibility index (Phi) is 10.3. The summed E-state index contributed by atoms with van der Waals surface area (Å²) in [7, 11) is 0. The fraction of sp³-hybridized carbons (Fsp3) is 0.317. The van der Waals surface area contributed by atoms with Gasteiger partial charge < -0.3 is 35.3 Å². The van der Waals surface area contributed by atoms with Crippen LogP contribution in [0.25, 0.3) is 10.9 Å². The lowest BCUT2D eigenvalue weighted by atomic mass is 9.81. The maximum atomic E-state index is 13.0. The van der Waals surface area contributed by atoms with Crippen LogP contribution in [-0.4, -0.2) is 75.0 Å². The van der Waals surface area contributed by atoms with E-state index < -0.39 is 18.2 Å². The lowest BCUT2D eigenvalue weighted by Crippen LogP contribution is -2.59. The number of phenols is 1. The molecular weight excluding hydrogens is 644 g/mol. The molecule has 0 spiro atoms. The fourth-order valence-electron chi connectivity index (χ4n) is 7.72. The highest BCUT2D eigenvalue weighted by molar-refractivity contribution is 5.87. The van der Waals surface area contributed by atoms with Crippen LogP contribution < -0.4 is 15.6 Å². The number of rotatable bonds is 13. The van der Waals surface area contributed by atoms with Crippen molar-refractivity contribution in [1.29, 1.82) is 0 Å². The molecule has 2 bridgehead atoms. The molecule has 1 unspecified atom stereocenters. The summed E-state index contributed by atoms with van der Waals surface area (Å²) < 4.78 is 6.26. The number of piperidine rings is 3. The van der Waals surface area contributed by atoms with Gasteiger partial charge in [0.1, 0.15) is 18.1 Å². The molecule has 264 valence electrons. The number of fused-ring (bicyclic) bond motifs is 4. The number of nitrogens with zero attached hydrogens (tertiary/aromatic N) is 2. The molecule has 0 saturated carbocycles. The number of hydrogen-bond donors (Lipinski definition) is 5. The molecule has 4 aromatic carbocycles. The van der Waals surface area contributed by atoms with Gasteiger partial charge in [-0.3, -0.25) is 9.69 Å². The fourth-order valence-corrected chi connectivity index (χ4v) is 7.72. The van der Waals surface area contributed by atoms with Crippen LogP contribution >= 0.6 is 0 Å². The normalized spacial score (nSPS) is 19.4. The first kappa shape index (κ1) is 34.3. The average molecular weight is 689 g/mol. The van der Waals surface area contributed by atoms with Gasteiger partial charge in [-0.15, -0.1) is 0 Å². The van der Waals surface area contributed by atoms with E-state index in [9.17, 15) is 24.9 Å². The summed E-state index contributed by atoms with van der Waals surface area (Å²) in [5.41, 5.74) is 4.62. The largest absolute Gasteiger partial charge is 0.506 e. The Hall–Kier alpha value is -5.16. The monoisotopic (exact) mass is 688 g/mol. The van der Waals surface area contributed by atoms with Crippen molar-refractivity contribution >= 4 is 17.0 Å². The topological polar surface area (TPSA) is 138 Å². The maximum absolute atomic E-state index is 13.0.